The summed E-state index contributed by atoms with van der Waals surface area (Å²) < 4.78 is 62.3. The van der Waals surface area contributed by atoms with Crippen molar-refractivity contribution in [3.63, 3.8) is 0 Å². The van der Waals surface area contributed by atoms with Gasteiger partial charge in [0.25, 0.3) is 0 Å². The molecule has 11 heteroatoms. The van der Waals surface area contributed by atoms with Crippen molar-refractivity contribution in [2.75, 3.05) is 18.4 Å². The summed E-state index contributed by atoms with van der Waals surface area (Å²) in [7, 11) is -7.72. The largest absolute Gasteiger partial charge is 0.326 e. The first-order valence-corrected chi connectivity index (χ1v) is 11.8. The van der Waals surface area contributed by atoms with Gasteiger partial charge in [0.15, 0.2) is 0 Å². The van der Waals surface area contributed by atoms with Crippen LogP contribution in [0.1, 0.15) is 12.8 Å². The fourth-order valence-electron chi connectivity index (χ4n) is 3.09. The van der Waals surface area contributed by atoms with E-state index in [0.29, 0.717) is 18.5 Å². The van der Waals surface area contributed by atoms with E-state index in [1.54, 1.807) is 0 Å². The van der Waals surface area contributed by atoms with Crippen LogP contribution in [0.5, 0.6) is 0 Å². The number of primary sulfonamides is 1. The van der Waals surface area contributed by atoms with Gasteiger partial charge in [-0.3, -0.25) is 4.79 Å². The molecule has 2 aromatic carbocycles. The Morgan fingerprint density at radius 3 is 1.97 bits per heavy atom. The van der Waals surface area contributed by atoms with Crippen molar-refractivity contribution in [3.05, 3.63) is 54.3 Å². The molecule has 0 aromatic heterocycles. The molecule has 156 valence electrons. The van der Waals surface area contributed by atoms with Crippen LogP contribution >= 0.6 is 0 Å². The lowest BCUT2D eigenvalue weighted by atomic mass is 9.97. The van der Waals surface area contributed by atoms with Crippen molar-refractivity contribution in [3.8, 4) is 0 Å². The van der Waals surface area contributed by atoms with E-state index in [0.717, 1.165) is 12.1 Å². The number of benzene rings is 2. The van der Waals surface area contributed by atoms with Gasteiger partial charge >= 0.3 is 0 Å². The van der Waals surface area contributed by atoms with E-state index in [1.165, 1.54) is 40.7 Å². The second kappa shape index (κ2) is 8.19. The highest BCUT2D eigenvalue weighted by Crippen LogP contribution is 2.25. The van der Waals surface area contributed by atoms with Gasteiger partial charge in [0.05, 0.1) is 9.79 Å². The van der Waals surface area contributed by atoms with Crippen molar-refractivity contribution >= 4 is 31.6 Å². The molecule has 0 atom stereocenters. The minimum atomic E-state index is -3.91. The maximum atomic E-state index is 12.9. The Hall–Kier alpha value is -2.34. The zero-order valence-corrected chi connectivity index (χ0v) is 16.9. The van der Waals surface area contributed by atoms with Gasteiger partial charge in [-0.1, -0.05) is 0 Å². The molecule has 1 amide bonds. The Kier molecular flexibility index (Phi) is 6.03. The quantitative estimate of drug-likeness (QED) is 0.727. The van der Waals surface area contributed by atoms with Crippen LogP contribution in [0, 0.1) is 11.7 Å². The van der Waals surface area contributed by atoms with E-state index in [-0.39, 0.29) is 34.7 Å². The summed E-state index contributed by atoms with van der Waals surface area (Å²) in [5, 5.41) is 7.72. The molecule has 0 bridgehead atoms. The van der Waals surface area contributed by atoms with Gasteiger partial charge in [-0.15, -0.1) is 0 Å². The predicted molar refractivity (Wildman–Crippen MR) is 104 cm³/mol. The first-order chi connectivity index (χ1) is 13.6. The van der Waals surface area contributed by atoms with Crippen LogP contribution in [0.3, 0.4) is 0 Å². The number of nitrogens with zero attached hydrogens (tertiary/aromatic N) is 1. The average Bonchev–Trinajstić information content (AvgIpc) is 2.69. The highest BCUT2D eigenvalue weighted by molar-refractivity contribution is 7.89. The molecule has 0 unspecified atom stereocenters. The van der Waals surface area contributed by atoms with Crippen LogP contribution in [0.25, 0.3) is 0 Å². The van der Waals surface area contributed by atoms with Gasteiger partial charge in [0.2, 0.25) is 26.0 Å². The van der Waals surface area contributed by atoms with Crippen molar-refractivity contribution in [2.24, 2.45) is 11.1 Å². The first kappa shape index (κ1) is 21.4. The molecule has 3 rings (SSSR count). The number of nitrogens with two attached hydrogens (primary N) is 1. The molecule has 1 aliphatic rings. The van der Waals surface area contributed by atoms with Gasteiger partial charge < -0.3 is 5.32 Å². The number of amides is 1. The minimum Gasteiger partial charge on any atom is -0.326 e. The third-order valence-corrected chi connectivity index (χ3v) is 7.57. The standard InChI is InChI=1S/C18H20FN3O5S2/c19-14-1-3-15(4-2-14)21-18(23)13-9-11-22(12-10-13)29(26,27)17-7-5-16(6-8-17)28(20,24)25/h1-8,13H,9-12H2,(H,21,23)(H2,20,24,25). The van der Waals surface area contributed by atoms with Crippen LogP contribution in [0.4, 0.5) is 10.1 Å². The monoisotopic (exact) mass is 441 g/mol. The molecule has 1 saturated heterocycles. The molecule has 3 N–H and O–H groups in total. The number of piperidine rings is 1. The average molecular weight is 442 g/mol. The first-order valence-electron chi connectivity index (χ1n) is 8.77. The molecular weight excluding hydrogens is 421 g/mol. The third kappa shape index (κ3) is 4.99. The molecule has 1 fully saturated rings. The van der Waals surface area contributed by atoms with E-state index in [4.69, 9.17) is 5.14 Å². The fraction of sp³-hybridized carbons (Fsp3) is 0.278. The van der Waals surface area contributed by atoms with E-state index in [1.807, 2.05) is 0 Å². The molecule has 0 spiro atoms. The maximum Gasteiger partial charge on any atom is 0.243 e. The van der Waals surface area contributed by atoms with Crippen molar-refractivity contribution in [1.29, 1.82) is 0 Å². The smallest absolute Gasteiger partial charge is 0.243 e. The lowest BCUT2D eigenvalue weighted by Gasteiger charge is -2.30. The summed E-state index contributed by atoms with van der Waals surface area (Å²) in [5.41, 5.74) is 0.474. The molecule has 29 heavy (non-hydrogen) atoms. The summed E-state index contributed by atoms with van der Waals surface area (Å²) in [5.74, 6) is -1.01. The second-order valence-corrected chi connectivity index (χ2v) is 10.2. The lowest BCUT2D eigenvalue weighted by Crippen LogP contribution is -2.41. The lowest BCUT2D eigenvalue weighted by molar-refractivity contribution is -0.120. The number of hydrogen-bond donors (Lipinski definition) is 2. The molecule has 0 saturated carbocycles. The molecule has 1 heterocycles. The van der Waals surface area contributed by atoms with Gasteiger partial charge in [-0.25, -0.2) is 26.4 Å². The summed E-state index contributed by atoms with van der Waals surface area (Å²) in [4.78, 5) is 12.2. The number of carbonyl (C=O) groups excluding carboxylic acids is 1. The Labute approximate surface area is 168 Å². The normalized spacial score (nSPS) is 16.5. The fourth-order valence-corrected chi connectivity index (χ4v) is 5.07. The highest BCUT2D eigenvalue weighted by atomic mass is 32.2. The minimum absolute atomic E-state index is 0.0425. The van der Waals surface area contributed by atoms with E-state index < -0.39 is 25.9 Å². The zero-order valence-electron chi connectivity index (χ0n) is 15.3. The molecule has 1 aliphatic heterocycles. The Morgan fingerprint density at radius 2 is 1.45 bits per heavy atom. The summed E-state index contributed by atoms with van der Waals surface area (Å²) >= 11 is 0. The number of hydrogen-bond acceptors (Lipinski definition) is 5. The number of carbonyl (C=O) groups is 1. The molecule has 0 aliphatic carbocycles. The van der Waals surface area contributed by atoms with E-state index in [2.05, 4.69) is 5.32 Å². The molecule has 8 nitrogen and oxygen atoms in total. The van der Waals surface area contributed by atoms with Crippen molar-refractivity contribution in [2.45, 2.75) is 22.6 Å². The van der Waals surface area contributed by atoms with Crippen LogP contribution in [-0.4, -0.2) is 40.1 Å². The third-order valence-electron chi connectivity index (χ3n) is 4.73. The maximum absolute atomic E-state index is 12.9. The summed E-state index contributed by atoms with van der Waals surface area (Å²) in [6, 6.07) is 10.1. The molecule has 2 aromatic rings. The van der Waals surface area contributed by atoms with Gasteiger partial charge in [0.1, 0.15) is 5.82 Å². The number of sulfonamides is 2. The van der Waals surface area contributed by atoms with E-state index in [9.17, 15) is 26.0 Å². The topological polar surface area (TPSA) is 127 Å². The Balaban J connectivity index is 1.63. The van der Waals surface area contributed by atoms with Crippen molar-refractivity contribution in [1.82, 2.24) is 4.31 Å². The summed E-state index contributed by atoms with van der Waals surface area (Å²) in [6.07, 6.45) is 0.670. The number of rotatable bonds is 5. The SMILES string of the molecule is NS(=O)(=O)c1ccc(S(=O)(=O)N2CCC(C(=O)Nc3ccc(F)cc3)CC2)cc1. The van der Waals surface area contributed by atoms with Gasteiger partial charge in [-0.05, 0) is 61.4 Å². The van der Waals surface area contributed by atoms with Crippen molar-refractivity contribution < 1.29 is 26.0 Å². The Bertz CT molecular complexity index is 1090. The highest BCUT2D eigenvalue weighted by Gasteiger charge is 2.32. The molecule has 0 radical (unpaired) electrons. The van der Waals surface area contributed by atoms with E-state index >= 15 is 0 Å². The number of nitrogens with one attached hydrogen (secondary N) is 1. The van der Waals surface area contributed by atoms with Crippen LogP contribution < -0.4 is 10.5 Å². The summed E-state index contributed by atoms with van der Waals surface area (Å²) in [6.45, 7) is 0.307. The van der Waals surface area contributed by atoms with Gasteiger partial charge in [-0.2, -0.15) is 4.31 Å². The Morgan fingerprint density at radius 1 is 0.931 bits per heavy atom. The van der Waals surface area contributed by atoms with Crippen LogP contribution in [0.15, 0.2) is 58.3 Å². The second-order valence-electron chi connectivity index (χ2n) is 6.69. The van der Waals surface area contributed by atoms with Crippen LogP contribution in [-0.2, 0) is 24.8 Å². The zero-order chi connectivity index (χ0) is 21.2. The molecular formula is C18H20FN3O5S2. The number of halogens is 1. The van der Waals surface area contributed by atoms with Crippen LogP contribution in [0.2, 0.25) is 0 Å². The number of anilines is 1. The predicted octanol–water partition coefficient (Wildman–Crippen LogP) is 1.51. The van der Waals surface area contributed by atoms with Gasteiger partial charge in [0, 0.05) is 24.7 Å².